The molecular formula is C15H14F2O4S. The van der Waals surface area contributed by atoms with E-state index in [1.54, 1.807) is 0 Å². The molecule has 0 heterocycles. The van der Waals surface area contributed by atoms with E-state index in [0.29, 0.717) is 5.56 Å². The lowest BCUT2D eigenvalue weighted by atomic mass is 10.1. The topological polar surface area (TPSA) is 63.6 Å². The lowest BCUT2D eigenvalue weighted by Crippen LogP contribution is -2.11. The van der Waals surface area contributed by atoms with Crippen molar-refractivity contribution in [2.45, 2.75) is 11.0 Å². The molecule has 1 N–H and O–H groups in total. The molecule has 0 bridgehead atoms. The second-order valence-corrected chi connectivity index (χ2v) is 6.76. The van der Waals surface area contributed by atoms with Crippen molar-refractivity contribution in [3.8, 4) is 5.75 Å². The van der Waals surface area contributed by atoms with E-state index in [4.69, 9.17) is 4.74 Å². The molecule has 4 nitrogen and oxygen atoms in total. The molecule has 22 heavy (non-hydrogen) atoms. The minimum Gasteiger partial charge on any atom is -0.487 e. The predicted octanol–water partition coefficient (Wildman–Crippen LogP) is 2.48. The van der Waals surface area contributed by atoms with Crippen molar-refractivity contribution >= 4 is 9.84 Å². The van der Waals surface area contributed by atoms with Gasteiger partial charge in [-0.25, -0.2) is 17.2 Å². The van der Waals surface area contributed by atoms with Gasteiger partial charge in [0.25, 0.3) is 0 Å². The van der Waals surface area contributed by atoms with E-state index in [0.717, 1.165) is 24.5 Å². The summed E-state index contributed by atoms with van der Waals surface area (Å²) in [5.74, 6) is -1.68. The highest BCUT2D eigenvalue weighted by Gasteiger charge is 2.13. The SMILES string of the molecule is CS(=O)(=O)c1ccc(C(O)COc2cc(F)ccc2F)cc1. The molecule has 2 rings (SSSR count). The summed E-state index contributed by atoms with van der Waals surface area (Å²) in [6, 6.07) is 8.36. The van der Waals surface area contributed by atoms with E-state index >= 15 is 0 Å². The third-order valence-electron chi connectivity index (χ3n) is 2.98. The summed E-state index contributed by atoms with van der Waals surface area (Å²) in [4.78, 5) is 0.126. The molecule has 0 aliphatic carbocycles. The Morgan fingerprint density at radius 3 is 2.36 bits per heavy atom. The van der Waals surface area contributed by atoms with E-state index in [-0.39, 0.29) is 17.3 Å². The van der Waals surface area contributed by atoms with Crippen LogP contribution in [0.4, 0.5) is 8.78 Å². The highest BCUT2D eigenvalue weighted by Crippen LogP contribution is 2.21. The zero-order chi connectivity index (χ0) is 16.3. The molecule has 1 atom stereocenters. The zero-order valence-electron chi connectivity index (χ0n) is 11.7. The van der Waals surface area contributed by atoms with Crippen LogP contribution in [0.3, 0.4) is 0 Å². The molecule has 0 aliphatic heterocycles. The minimum absolute atomic E-state index is 0.126. The van der Waals surface area contributed by atoms with Gasteiger partial charge >= 0.3 is 0 Å². The van der Waals surface area contributed by atoms with E-state index in [1.165, 1.54) is 24.3 Å². The lowest BCUT2D eigenvalue weighted by Gasteiger charge is -2.13. The number of hydrogen-bond acceptors (Lipinski definition) is 4. The van der Waals surface area contributed by atoms with Gasteiger partial charge in [0, 0.05) is 12.3 Å². The first-order valence-electron chi connectivity index (χ1n) is 6.33. The van der Waals surface area contributed by atoms with Gasteiger partial charge in [-0.1, -0.05) is 12.1 Å². The number of aliphatic hydroxyl groups is 1. The normalized spacial score (nSPS) is 12.9. The minimum atomic E-state index is -3.32. The van der Waals surface area contributed by atoms with E-state index in [2.05, 4.69) is 0 Å². The molecule has 0 spiro atoms. The Kier molecular flexibility index (Phi) is 4.77. The summed E-state index contributed by atoms with van der Waals surface area (Å²) < 4.78 is 54.1. The average Bonchev–Trinajstić information content (AvgIpc) is 2.47. The fraction of sp³-hybridized carbons (Fsp3) is 0.200. The predicted molar refractivity (Wildman–Crippen MR) is 76.4 cm³/mol. The Hall–Kier alpha value is -1.99. The highest BCUT2D eigenvalue weighted by molar-refractivity contribution is 7.90. The fourth-order valence-corrected chi connectivity index (χ4v) is 2.42. The van der Waals surface area contributed by atoms with Crippen molar-refractivity contribution in [3.63, 3.8) is 0 Å². The van der Waals surface area contributed by atoms with Crippen molar-refractivity contribution in [1.29, 1.82) is 0 Å². The second kappa shape index (κ2) is 6.41. The van der Waals surface area contributed by atoms with Gasteiger partial charge in [-0.15, -0.1) is 0 Å². The van der Waals surface area contributed by atoms with E-state index in [9.17, 15) is 22.3 Å². The number of hydrogen-bond donors (Lipinski definition) is 1. The molecule has 2 aromatic carbocycles. The summed E-state index contributed by atoms with van der Waals surface area (Å²) in [5, 5.41) is 9.95. The van der Waals surface area contributed by atoms with Gasteiger partial charge in [-0.05, 0) is 29.8 Å². The van der Waals surface area contributed by atoms with E-state index < -0.39 is 27.6 Å². The number of ether oxygens (including phenoxy) is 1. The first-order chi connectivity index (χ1) is 10.3. The average molecular weight is 328 g/mol. The van der Waals surface area contributed by atoms with Crippen LogP contribution >= 0.6 is 0 Å². The standard InChI is InChI=1S/C15H14F2O4S/c1-22(19,20)12-5-2-10(3-6-12)14(18)9-21-15-8-11(16)4-7-13(15)17/h2-8,14,18H,9H2,1H3. The Bertz CT molecular complexity index is 758. The van der Waals surface area contributed by atoms with Gasteiger partial charge in [0.15, 0.2) is 21.4 Å². The molecule has 1 unspecified atom stereocenters. The summed E-state index contributed by atoms with van der Waals surface area (Å²) in [5.41, 5.74) is 0.407. The Balaban J connectivity index is 2.06. The molecule has 7 heteroatoms. The van der Waals surface area contributed by atoms with Crippen molar-refractivity contribution < 1.29 is 27.0 Å². The number of sulfone groups is 1. The maximum atomic E-state index is 13.4. The monoisotopic (exact) mass is 328 g/mol. The van der Waals surface area contributed by atoms with Gasteiger partial charge in [-0.2, -0.15) is 0 Å². The number of aliphatic hydroxyl groups excluding tert-OH is 1. The molecule has 118 valence electrons. The van der Waals surface area contributed by atoms with Crippen molar-refractivity contribution in [2.75, 3.05) is 12.9 Å². The van der Waals surface area contributed by atoms with Crippen molar-refractivity contribution in [2.24, 2.45) is 0 Å². The van der Waals surface area contributed by atoms with Gasteiger partial charge in [0.05, 0.1) is 4.90 Å². The molecule has 0 fully saturated rings. The zero-order valence-corrected chi connectivity index (χ0v) is 12.5. The van der Waals surface area contributed by atoms with Gasteiger partial charge in [0.1, 0.15) is 18.5 Å². The maximum absolute atomic E-state index is 13.4. The molecule has 0 amide bonds. The Labute approximate surface area is 126 Å². The number of rotatable bonds is 5. The second-order valence-electron chi connectivity index (χ2n) is 4.74. The summed E-state index contributed by atoms with van der Waals surface area (Å²) >= 11 is 0. The number of benzene rings is 2. The molecule has 0 saturated carbocycles. The summed E-state index contributed by atoms with van der Waals surface area (Å²) in [6.07, 6.45) is -0.0230. The quantitative estimate of drug-likeness (QED) is 0.916. The van der Waals surface area contributed by atoms with Crippen LogP contribution in [0.5, 0.6) is 5.75 Å². The van der Waals surface area contributed by atoms with Crippen molar-refractivity contribution in [1.82, 2.24) is 0 Å². The largest absolute Gasteiger partial charge is 0.487 e. The van der Waals surface area contributed by atoms with Gasteiger partial charge in [-0.3, -0.25) is 0 Å². The van der Waals surface area contributed by atoms with Crippen LogP contribution in [-0.4, -0.2) is 26.4 Å². The van der Waals surface area contributed by atoms with Crippen LogP contribution in [0.15, 0.2) is 47.4 Å². The molecular weight excluding hydrogens is 314 g/mol. The Morgan fingerprint density at radius 2 is 1.77 bits per heavy atom. The molecule has 0 saturated heterocycles. The lowest BCUT2D eigenvalue weighted by molar-refractivity contribution is 0.105. The first kappa shape index (κ1) is 16.4. The van der Waals surface area contributed by atoms with Crippen LogP contribution in [0.2, 0.25) is 0 Å². The van der Waals surface area contributed by atoms with Crippen LogP contribution in [0.25, 0.3) is 0 Å². The summed E-state index contributed by atoms with van der Waals surface area (Å²) in [7, 11) is -3.32. The van der Waals surface area contributed by atoms with Crippen molar-refractivity contribution in [3.05, 3.63) is 59.7 Å². The maximum Gasteiger partial charge on any atom is 0.175 e. The van der Waals surface area contributed by atoms with E-state index in [1.807, 2.05) is 0 Å². The molecule has 0 aliphatic rings. The van der Waals surface area contributed by atoms with Gasteiger partial charge in [0.2, 0.25) is 0 Å². The third-order valence-corrected chi connectivity index (χ3v) is 4.11. The molecule has 0 radical (unpaired) electrons. The first-order valence-corrected chi connectivity index (χ1v) is 8.22. The van der Waals surface area contributed by atoms with Crippen LogP contribution in [0.1, 0.15) is 11.7 Å². The Morgan fingerprint density at radius 1 is 1.14 bits per heavy atom. The third kappa shape index (κ3) is 4.02. The number of halogens is 2. The van der Waals surface area contributed by atoms with Crippen LogP contribution in [-0.2, 0) is 9.84 Å². The summed E-state index contributed by atoms with van der Waals surface area (Å²) in [6.45, 7) is -0.293. The molecule has 0 aromatic heterocycles. The highest BCUT2D eigenvalue weighted by atomic mass is 32.2. The van der Waals surface area contributed by atoms with Crippen LogP contribution < -0.4 is 4.74 Å². The molecule has 2 aromatic rings. The fourth-order valence-electron chi connectivity index (χ4n) is 1.79. The van der Waals surface area contributed by atoms with Gasteiger partial charge < -0.3 is 9.84 Å². The smallest absolute Gasteiger partial charge is 0.175 e. The van der Waals surface area contributed by atoms with Crippen LogP contribution in [0, 0.1) is 11.6 Å².